The number of nitrogens with zero attached hydrogens (tertiary/aromatic N) is 1. The number of benzene rings is 1. The van der Waals surface area contributed by atoms with Gasteiger partial charge in [-0.05, 0) is 37.3 Å². The summed E-state index contributed by atoms with van der Waals surface area (Å²) in [4.78, 5) is 17.5. The smallest absolute Gasteiger partial charge is 0.230 e. The predicted octanol–water partition coefficient (Wildman–Crippen LogP) is 5.17. The van der Waals surface area contributed by atoms with Gasteiger partial charge >= 0.3 is 0 Å². The highest BCUT2D eigenvalue weighted by atomic mass is 16.2. The van der Waals surface area contributed by atoms with Crippen LogP contribution in [0, 0.1) is 11.3 Å². The van der Waals surface area contributed by atoms with Gasteiger partial charge in [-0.3, -0.25) is 9.78 Å². The van der Waals surface area contributed by atoms with Gasteiger partial charge in [-0.2, -0.15) is 0 Å². The van der Waals surface area contributed by atoms with Gasteiger partial charge in [0.05, 0.1) is 17.4 Å². The molecule has 1 N–H and O–H groups in total. The van der Waals surface area contributed by atoms with Crippen LogP contribution < -0.4 is 5.32 Å². The van der Waals surface area contributed by atoms with Gasteiger partial charge in [-0.25, -0.2) is 0 Å². The van der Waals surface area contributed by atoms with Crippen LogP contribution in [0.5, 0.6) is 0 Å². The largest absolute Gasteiger partial charge is 0.324 e. The Morgan fingerprint density at radius 2 is 1.96 bits per heavy atom. The van der Waals surface area contributed by atoms with Crippen molar-refractivity contribution in [2.24, 2.45) is 11.3 Å². The lowest BCUT2D eigenvalue weighted by atomic mass is 9.69. The second-order valence-electron chi connectivity index (χ2n) is 7.31. The fourth-order valence-corrected chi connectivity index (χ4v) is 3.94. The summed E-state index contributed by atoms with van der Waals surface area (Å²) in [5.41, 5.74) is 1.57. The summed E-state index contributed by atoms with van der Waals surface area (Å²) >= 11 is 0. The molecule has 122 valence electrons. The fourth-order valence-electron chi connectivity index (χ4n) is 3.94. The minimum absolute atomic E-state index is 0.183. The SMILES string of the molecule is CC(C)CC1(C(=O)Nc2cnc3ccccc3c2)CCCCC1. The molecule has 1 aromatic heterocycles. The van der Waals surface area contributed by atoms with E-state index >= 15 is 0 Å². The lowest BCUT2D eigenvalue weighted by Crippen LogP contribution is -2.39. The third-order valence-corrected chi connectivity index (χ3v) is 4.94. The molecule has 1 fully saturated rings. The number of hydrogen-bond acceptors (Lipinski definition) is 2. The normalized spacial score (nSPS) is 17.3. The van der Waals surface area contributed by atoms with Crippen molar-refractivity contribution in [3.8, 4) is 0 Å². The highest BCUT2D eigenvalue weighted by molar-refractivity contribution is 5.96. The number of carbonyl (C=O) groups excluding carboxylic acids is 1. The van der Waals surface area contributed by atoms with Crippen molar-refractivity contribution in [3.05, 3.63) is 36.5 Å². The standard InChI is InChI=1S/C20H26N2O/c1-15(2)13-20(10-6-3-7-11-20)19(23)22-17-12-16-8-4-5-9-18(16)21-14-17/h4-5,8-9,12,14-15H,3,6-7,10-11,13H2,1-2H3,(H,22,23). The number of anilines is 1. The van der Waals surface area contributed by atoms with Crippen molar-refractivity contribution in [2.45, 2.75) is 52.4 Å². The molecule has 0 atom stereocenters. The second-order valence-corrected chi connectivity index (χ2v) is 7.31. The molecule has 1 heterocycles. The molecule has 1 aliphatic carbocycles. The average molecular weight is 310 g/mol. The van der Waals surface area contributed by atoms with Crippen LogP contribution in [0.3, 0.4) is 0 Å². The maximum atomic E-state index is 13.0. The Morgan fingerprint density at radius 1 is 1.22 bits per heavy atom. The molecule has 1 aliphatic rings. The number of carbonyl (C=O) groups is 1. The highest BCUT2D eigenvalue weighted by Gasteiger charge is 2.39. The number of nitrogens with one attached hydrogen (secondary N) is 1. The van der Waals surface area contributed by atoms with E-state index in [1.165, 1.54) is 6.42 Å². The Morgan fingerprint density at radius 3 is 2.70 bits per heavy atom. The van der Waals surface area contributed by atoms with Crippen LogP contribution >= 0.6 is 0 Å². The van der Waals surface area contributed by atoms with E-state index in [1.807, 2.05) is 30.3 Å². The van der Waals surface area contributed by atoms with E-state index in [0.717, 1.165) is 48.7 Å². The molecule has 3 nitrogen and oxygen atoms in total. The molecule has 0 saturated heterocycles. The molecule has 0 aliphatic heterocycles. The number of aromatic nitrogens is 1. The predicted molar refractivity (Wildman–Crippen MR) is 95.3 cm³/mol. The zero-order chi connectivity index (χ0) is 16.3. The minimum Gasteiger partial charge on any atom is -0.324 e. The lowest BCUT2D eigenvalue weighted by Gasteiger charge is -2.37. The average Bonchev–Trinajstić information content (AvgIpc) is 2.55. The summed E-state index contributed by atoms with van der Waals surface area (Å²) in [5, 5.41) is 4.21. The Bertz CT molecular complexity index is 687. The Kier molecular flexibility index (Phi) is 4.65. The van der Waals surface area contributed by atoms with Gasteiger partial charge in [0.2, 0.25) is 5.91 Å². The molecule has 3 rings (SSSR count). The van der Waals surface area contributed by atoms with E-state index < -0.39 is 0 Å². The third kappa shape index (κ3) is 3.54. The van der Waals surface area contributed by atoms with Gasteiger partial charge in [0, 0.05) is 10.8 Å². The summed E-state index contributed by atoms with van der Waals surface area (Å²) in [5.74, 6) is 0.719. The zero-order valence-electron chi connectivity index (χ0n) is 14.1. The molecular weight excluding hydrogens is 284 g/mol. The Labute approximate surface area is 138 Å². The molecular formula is C20H26N2O. The monoisotopic (exact) mass is 310 g/mol. The van der Waals surface area contributed by atoms with Crippen molar-refractivity contribution in [1.29, 1.82) is 0 Å². The van der Waals surface area contributed by atoms with Crippen molar-refractivity contribution in [3.63, 3.8) is 0 Å². The molecule has 0 spiro atoms. The topological polar surface area (TPSA) is 42.0 Å². The molecule has 0 bridgehead atoms. The van der Waals surface area contributed by atoms with Crippen molar-refractivity contribution < 1.29 is 4.79 Å². The van der Waals surface area contributed by atoms with E-state index in [2.05, 4.69) is 24.1 Å². The molecule has 0 radical (unpaired) electrons. The maximum absolute atomic E-state index is 13.0. The van der Waals surface area contributed by atoms with E-state index in [-0.39, 0.29) is 11.3 Å². The molecule has 0 unspecified atom stereocenters. The molecule has 1 saturated carbocycles. The van der Waals surface area contributed by atoms with Gasteiger partial charge in [0.25, 0.3) is 0 Å². The number of para-hydroxylation sites is 1. The van der Waals surface area contributed by atoms with Crippen LogP contribution in [0.15, 0.2) is 36.5 Å². The maximum Gasteiger partial charge on any atom is 0.230 e. The van der Waals surface area contributed by atoms with Gasteiger partial charge in [-0.1, -0.05) is 51.3 Å². The van der Waals surface area contributed by atoms with Crippen LogP contribution in [0.1, 0.15) is 52.4 Å². The second kappa shape index (κ2) is 6.69. The Balaban J connectivity index is 1.82. The van der Waals surface area contributed by atoms with Crippen molar-refractivity contribution in [2.75, 3.05) is 5.32 Å². The summed E-state index contributed by atoms with van der Waals surface area (Å²) < 4.78 is 0. The van der Waals surface area contributed by atoms with Gasteiger partial charge < -0.3 is 5.32 Å². The summed E-state index contributed by atoms with van der Waals surface area (Å²) in [6, 6.07) is 10.0. The number of fused-ring (bicyclic) bond motifs is 1. The third-order valence-electron chi connectivity index (χ3n) is 4.94. The number of pyridine rings is 1. The minimum atomic E-state index is -0.196. The number of rotatable bonds is 4. The first-order valence-electron chi connectivity index (χ1n) is 8.75. The van der Waals surface area contributed by atoms with E-state index in [0.29, 0.717) is 5.92 Å². The number of hydrogen-bond donors (Lipinski definition) is 1. The molecule has 3 heteroatoms. The highest BCUT2D eigenvalue weighted by Crippen LogP contribution is 2.42. The summed E-state index contributed by atoms with van der Waals surface area (Å²) in [6.07, 6.45) is 8.35. The van der Waals surface area contributed by atoms with Crippen LogP contribution in [0.25, 0.3) is 10.9 Å². The van der Waals surface area contributed by atoms with Gasteiger partial charge in [-0.15, -0.1) is 0 Å². The summed E-state index contributed by atoms with van der Waals surface area (Å²) in [6.45, 7) is 4.42. The van der Waals surface area contributed by atoms with Gasteiger partial charge in [0.15, 0.2) is 0 Å². The van der Waals surface area contributed by atoms with E-state index in [4.69, 9.17) is 0 Å². The molecule has 2 aromatic rings. The molecule has 1 amide bonds. The van der Waals surface area contributed by atoms with Crippen LogP contribution in [-0.2, 0) is 4.79 Å². The van der Waals surface area contributed by atoms with Crippen LogP contribution in [-0.4, -0.2) is 10.9 Å². The van der Waals surface area contributed by atoms with E-state index in [9.17, 15) is 4.79 Å². The fraction of sp³-hybridized carbons (Fsp3) is 0.500. The first-order valence-corrected chi connectivity index (χ1v) is 8.75. The van der Waals surface area contributed by atoms with Crippen LogP contribution in [0.4, 0.5) is 5.69 Å². The summed E-state index contributed by atoms with van der Waals surface area (Å²) in [7, 11) is 0. The number of amides is 1. The van der Waals surface area contributed by atoms with Gasteiger partial charge in [0.1, 0.15) is 0 Å². The van der Waals surface area contributed by atoms with Crippen LogP contribution in [0.2, 0.25) is 0 Å². The van der Waals surface area contributed by atoms with Crippen molar-refractivity contribution in [1.82, 2.24) is 4.98 Å². The zero-order valence-corrected chi connectivity index (χ0v) is 14.1. The van der Waals surface area contributed by atoms with E-state index in [1.54, 1.807) is 6.20 Å². The van der Waals surface area contributed by atoms with Crippen molar-refractivity contribution >= 4 is 22.5 Å². The molecule has 1 aromatic carbocycles. The first kappa shape index (κ1) is 16.0. The lowest BCUT2D eigenvalue weighted by molar-refractivity contribution is -0.128. The quantitative estimate of drug-likeness (QED) is 0.846. The first-order chi connectivity index (χ1) is 11.1. The molecule has 23 heavy (non-hydrogen) atoms. The Hall–Kier alpha value is -1.90.